The first-order valence-electron chi connectivity index (χ1n) is 5.52. The van der Waals surface area contributed by atoms with Crippen molar-refractivity contribution >= 4 is 32.8 Å². The van der Waals surface area contributed by atoms with Crippen LogP contribution in [-0.4, -0.2) is 16.1 Å². The molecule has 5 heteroatoms. The largest absolute Gasteiger partial charge is 0.481 e. The number of halogens is 1. The summed E-state index contributed by atoms with van der Waals surface area (Å²) in [5.41, 5.74) is 0.993. The summed E-state index contributed by atoms with van der Waals surface area (Å²) in [6, 6.07) is 7.34. The number of pyridine rings is 1. The van der Waals surface area contributed by atoms with Crippen molar-refractivity contribution in [3.05, 3.63) is 44.7 Å². The van der Waals surface area contributed by atoms with Crippen LogP contribution in [0.5, 0.6) is 0 Å². The van der Waals surface area contributed by atoms with E-state index in [1.54, 1.807) is 13.0 Å². The highest BCUT2D eigenvalue weighted by Gasteiger charge is 2.14. The molecule has 0 amide bonds. The molecule has 0 spiro atoms. The quantitative estimate of drug-likeness (QED) is 0.915. The normalized spacial score (nSPS) is 12.6. The van der Waals surface area contributed by atoms with E-state index in [4.69, 9.17) is 5.11 Å². The van der Waals surface area contributed by atoms with Gasteiger partial charge in [0.05, 0.1) is 11.4 Å². The zero-order valence-electron chi connectivity index (χ0n) is 9.74. The molecule has 1 atom stereocenters. The van der Waals surface area contributed by atoms with Crippen molar-refractivity contribution in [2.45, 2.75) is 13.3 Å². The predicted molar refractivity (Wildman–Crippen MR) is 72.8 cm³/mol. The Balaban J connectivity index is 2.50. The highest BCUT2D eigenvalue weighted by atomic mass is 79.9. The van der Waals surface area contributed by atoms with Gasteiger partial charge in [-0.1, -0.05) is 19.1 Å². The number of aliphatic carboxylic acids is 1. The van der Waals surface area contributed by atoms with Crippen LogP contribution in [0.3, 0.4) is 0 Å². The summed E-state index contributed by atoms with van der Waals surface area (Å²) in [5, 5.41) is 9.76. The highest BCUT2D eigenvalue weighted by Crippen LogP contribution is 2.21. The van der Waals surface area contributed by atoms with Crippen molar-refractivity contribution in [2.24, 2.45) is 5.92 Å². The molecule has 0 bridgehead atoms. The van der Waals surface area contributed by atoms with Gasteiger partial charge < -0.3 is 10.1 Å². The Morgan fingerprint density at radius 3 is 2.89 bits per heavy atom. The van der Waals surface area contributed by atoms with Crippen molar-refractivity contribution in [3.63, 3.8) is 0 Å². The molecule has 1 aromatic heterocycles. The van der Waals surface area contributed by atoms with Crippen LogP contribution >= 0.6 is 15.9 Å². The van der Waals surface area contributed by atoms with Crippen LogP contribution < -0.4 is 5.56 Å². The maximum Gasteiger partial charge on any atom is 0.306 e. The molecule has 2 aromatic rings. The van der Waals surface area contributed by atoms with E-state index >= 15 is 0 Å². The van der Waals surface area contributed by atoms with Gasteiger partial charge in [0.25, 0.3) is 5.56 Å². The Kier molecular flexibility index (Phi) is 3.52. The van der Waals surface area contributed by atoms with Crippen LogP contribution in [0.25, 0.3) is 10.9 Å². The molecule has 0 saturated heterocycles. The Bertz CT molecular complexity index is 663. The second-order valence-corrected chi connectivity index (χ2v) is 5.13. The zero-order chi connectivity index (χ0) is 13.3. The molecule has 2 N–H and O–H groups in total. The van der Waals surface area contributed by atoms with Crippen LogP contribution in [0.4, 0.5) is 0 Å². The maximum absolute atomic E-state index is 11.9. The van der Waals surface area contributed by atoms with E-state index < -0.39 is 11.9 Å². The summed E-state index contributed by atoms with van der Waals surface area (Å²) < 4.78 is 0.815. The molecule has 0 aliphatic carbocycles. The minimum absolute atomic E-state index is 0.229. The first-order valence-corrected chi connectivity index (χ1v) is 6.31. The molecule has 0 aliphatic heterocycles. The molecule has 1 aromatic carbocycles. The second-order valence-electron chi connectivity index (χ2n) is 4.27. The van der Waals surface area contributed by atoms with Crippen molar-refractivity contribution in [2.75, 3.05) is 0 Å². The number of aromatic nitrogens is 1. The van der Waals surface area contributed by atoms with E-state index in [0.29, 0.717) is 5.56 Å². The van der Waals surface area contributed by atoms with E-state index in [9.17, 15) is 9.59 Å². The number of hydrogen-bond donors (Lipinski definition) is 2. The second kappa shape index (κ2) is 4.94. The van der Waals surface area contributed by atoms with Gasteiger partial charge in [-0.2, -0.15) is 0 Å². The summed E-state index contributed by atoms with van der Waals surface area (Å²) in [6.07, 6.45) is 0.229. The summed E-state index contributed by atoms with van der Waals surface area (Å²) in [6.45, 7) is 1.59. The maximum atomic E-state index is 11.9. The van der Waals surface area contributed by atoms with E-state index in [0.717, 1.165) is 15.4 Å². The van der Waals surface area contributed by atoms with Crippen molar-refractivity contribution < 1.29 is 9.90 Å². The summed E-state index contributed by atoms with van der Waals surface area (Å²) >= 11 is 3.37. The summed E-state index contributed by atoms with van der Waals surface area (Å²) in [5.74, 6) is -1.47. The molecular formula is C13H12BrNO3. The fraction of sp³-hybridized carbons (Fsp3) is 0.231. The molecule has 0 aliphatic rings. The number of carboxylic acid groups (broad SMARTS) is 1. The number of aromatic amines is 1. The SMILES string of the molecule is CC(Cc1cc2cccc(Br)c2[nH]c1=O)C(=O)O. The number of para-hydroxylation sites is 1. The lowest BCUT2D eigenvalue weighted by molar-refractivity contribution is -0.141. The molecule has 1 unspecified atom stereocenters. The number of carbonyl (C=O) groups is 1. The van der Waals surface area contributed by atoms with E-state index in [-0.39, 0.29) is 12.0 Å². The molecule has 0 radical (unpaired) electrons. The number of nitrogens with one attached hydrogen (secondary N) is 1. The minimum Gasteiger partial charge on any atom is -0.481 e. The number of carboxylic acids is 1. The van der Waals surface area contributed by atoms with Crippen molar-refractivity contribution in [1.82, 2.24) is 4.98 Å². The molecular weight excluding hydrogens is 298 g/mol. The van der Waals surface area contributed by atoms with Gasteiger partial charge in [0.1, 0.15) is 0 Å². The standard InChI is InChI=1S/C13H12BrNO3/c1-7(13(17)18)5-9-6-8-3-2-4-10(14)11(8)15-12(9)16/h2-4,6-7H,5H2,1H3,(H,15,16)(H,17,18). The average Bonchev–Trinajstić information content (AvgIpc) is 2.31. The predicted octanol–water partition coefficient (Wildman–Crippen LogP) is 2.55. The van der Waals surface area contributed by atoms with E-state index in [1.165, 1.54) is 0 Å². The minimum atomic E-state index is -0.899. The smallest absolute Gasteiger partial charge is 0.306 e. The zero-order valence-corrected chi connectivity index (χ0v) is 11.3. The lowest BCUT2D eigenvalue weighted by Crippen LogP contribution is -2.19. The third-order valence-corrected chi connectivity index (χ3v) is 3.51. The molecule has 94 valence electrons. The number of rotatable bonds is 3. The van der Waals surface area contributed by atoms with Gasteiger partial charge in [0.15, 0.2) is 0 Å². The van der Waals surface area contributed by atoms with Gasteiger partial charge in [0.2, 0.25) is 0 Å². The Morgan fingerprint density at radius 2 is 2.22 bits per heavy atom. The van der Waals surface area contributed by atoms with Crippen molar-refractivity contribution in [3.8, 4) is 0 Å². The number of hydrogen-bond acceptors (Lipinski definition) is 2. The topological polar surface area (TPSA) is 70.2 Å². The number of H-pyrrole nitrogens is 1. The van der Waals surface area contributed by atoms with Gasteiger partial charge in [0, 0.05) is 10.0 Å². The molecule has 4 nitrogen and oxygen atoms in total. The first kappa shape index (κ1) is 12.8. The first-order chi connectivity index (χ1) is 8.49. The molecule has 2 rings (SSSR count). The lowest BCUT2D eigenvalue weighted by atomic mass is 10.0. The lowest BCUT2D eigenvalue weighted by Gasteiger charge is -2.07. The number of benzene rings is 1. The van der Waals surface area contributed by atoms with Gasteiger partial charge in [-0.05, 0) is 39.9 Å². The van der Waals surface area contributed by atoms with Crippen LogP contribution in [0.15, 0.2) is 33.5 Å². The Hall–Kier alpha value is -1.62. The summed E-state index contributed by atoms with van der Waals surface area (Å²) in [7, 11) is 0. The van der Waals surface area contributed by atoms with Gasteiger partial charge in [-0.3, -0.25) is 9.59 Å². The number of fused-ring (bicyclic) bond motifs is 1. The Labute approximate surface area is 112 Å². The van der Waals surface area contributed by atoms with Crippen LogP contribution in [0, 0.1) is 5.92 Å². The monoisotopic (exact) mass is 309 g/mol. The fourth-order valence-corrected chi connectivity index (χ4v) is 2.29. The summed E-state index contributed by atoms with van der Waals surface area (Å²) in [4.78, 5) is 25.5. The third kappa shape index (κ3) is 2.46. The van der Waals surface area contributed by atoms with Gasteiger partial charge >= 0.3 is 5.97 Å². The molecule has 0 saturated carbocycles. The Morgan fingerprint density at radius 1 is 1.50 bits per heavy atom. The molecule has 18 heavy (non-hydrogen) atoms. The third-order valence-electron chi connectivity index (χ3n) is 2.85. The molecule has 1 heterocycles. The average molecular weight is 310 g/mol. The highest BCUT2D eigenvalue weighted by molar-refractivity contribution is 9.10. The van der Waals surface area contributed by atoms with Gasteiger partial charge in [-0.25, -0.2) is 0 Å². The van der Waals surface area contributed by atoms with Crippen LogP contribution in [0.2, 0.25) is 0 Å². The van der Waals surface area contributed by atoms with Crippen LogP contribution in [-0.2, 0) is 11.2 Å². The van der Waals surface area contributed by atoms with Crippen molar-refractivity contribution in [1.29, 1.82) is 0 Å². The van der Waals surface area contributed by atoms with Crippen LogP contribution in [0.1, 0.15) is 12.5 Å². The van der Waals surface area contributed by atoms with E-state index in [1.807, 2.05) is 18.2 Å². The van der Waals surface area contributed by atoms with Gasteiger partial charge in [-0.15, -0.1) is 0 Å². The molecule has 0 fully saturated rings. The van der Waals surface area contributed by atoms with E-state index in [2.05, 4.69) is 20.9 Å². The fourth-order valence-electron chi connectivity index (χ4n) is 1.81.